The van der Waals surface area contributed by atoms with Crippen molar-refractivity contribution in [1.82, 2.24) is 9.55 Å². The minimum Gasteiger partial charge on any atom is -0.331 e. The normalized spacial score (nSPS) is 10.5. The first-order valence-corrected chi connectivity index (χ1v) is 5.75. The Kier molecular flexibility index (Phi) is 3.09. The zero-order valence-corrected chi connectivity index (χ0v) is 10.4. The van der Waals surface area contributed by atoms with Gasteiger partial charge < -0.3 is 4.57 Å². The molecule has 0 unspecified atom stereocenters. The number of carbonyl (C=O) groups is 1. The van der Waals surface area contributed by atoms with Crippen LogP contribution in [0.4, 0.5) is 0 Å². The SMILES string of the molecule is CCn1ccnc1-c1cc(C)c(C=O)cc1C. The second-order valence-electron chi connectivity index (χ2n) is 4.18. The number of benzene rings is 1. The van der Waals surface area contributed by atoms with E-state index in [0.29, 0.717) is 0 Å². The highest BCUT2D eigenvalue weighted by atomic mass is 16.1. The topological polar surface area (TPSA) is 34.9 Å². The molecule has 0 saturated heterocycles. The maximum atomic E-state index is 10.9. The standard InChI is InChI=1S/C14H16N2O/c1-4-16-6-5-15-14(16)13-8-10(2)12(9-17)7-11(13)3/h5-9H,4H2,1-3H3. The Hall–Kier alpha value is -1.90. The Morgan fingerprint density at radius 1 is 1.29 bits per heavy atom. The zero-order chi connectivity index (χ0) is 12.4. The van der Waals surface area contributed by atoms with Crippen LogP contribution in [0.3, 0.4) is 0 Å². The van der Waals surface area contributed by atoms with E-state index in [2.05, 4.69) is 16.5 Å². The van der Waals surface area contributed by atoms with Crippen molar-refractivity contribution in [3.63, 3.8) is 0 Å². The highest BCUT2D eigenvalue weighted by molar-refractivity contribution is 5.80. The zero-order valence-electron chi connectivity index (χ0n) is 10.4. The molecule has 0 aliphatic rings. The molecule has 0 bridgehead atoms. The van der Waals surface area contributed by atoms with Crippen molar-refractivity contribution < 1.29 is 4.79 Å². The maximum Gasteiger partial charge on any atom is 0.150 e. The predicted molar refractivity (Wildman–Crippen MR) is 68.2 cm³/mol. The minimum atomic E-state index is 0.751. The van der Waals surface area contributed by atoms with Gasteiger partial charge in [-0.3, -0.25) is 4.79 Å². The molecule has 0 fully saturated rings. The lowest BCUT2D eigenvalue weighted by Crippen LogP contribution is -1.99. The lowest BCUT2D eigenvalue weighted by Gasteiger charge is -2.10. The van der Waals surface area contributed by atoms with E-state index < -0.39 is 0 Å². The molecular weight excluding hydrogens is 212 g/mol. The summed E-state index contributed by atoms with van der Waals surface area (Å²) in [7, 11) is 0. The highest BCUT2D eigenvalue weighted by Crippen LogP contribution is 2.24. The molecular formula is C14H16N2O. The van der Waals surface area contributed by atoms with Crippen LogP contribution in [0.5, 0.6) is 0 Å². The number of hydrogen-bond donors (Lipinski definition) is 0. The Morgan fingerprint density at radius 3 is 2.71 bits per heavy atom. The van der Waals surface area contributed by atoms with Crippen LogP contribution >= 0.6 is 0 Å². The number of aldehydes is 1. The molecule has 0 amide bonds. The van der Waals surface area contributed by atoms with Crippen molar-refractivity contribution in [2.45, 2.75) is 27.3 Å². The van der Waals surface area contributed by atoms with Crippen molar-refractivity contribution in [2.24, 2.45) is 0 Å². The van der Waals surface area contributed by atoms with E-state index in [1.807, 2.05) is 32.2 Å². The van der Waals surface area contributed by atoms with E-state index in [1.54, 1.807) is 6.20 Å². The summed E-state index contributed by atoms with van der Waals surface area (Å²) in [6, 6.07) is 3.96. The molecule has 3 heteroatoms. The van der Waals surface area contributed by atoms with Gasteiger partial charge >= 0.3 is 0 Å². The Balaban J connectivity index is 2.60. The van der Waals surface area contributed by atoms with E-state index in [0.717, 1.165) is 40.9 Å². The van der Waals surface area contributed by atoms with Gasteiger partial charge in [-0.05, 0) is 44.0 Å². The van der Waals surface area contributed by atoms with Gasteiger partial charge in [0, 0.05) is 30.1 Å². The summed E-state index contributed by atoms with van der Waals surface area (Å²) in [6.45, 7) is 6.94. The summed E-state index contributed by atoms with van der Waals surface area (Å²) in [5.74, 6) is 0.963. The highest BCUT2D eigenvalue weighted by Gasteiger charge is 2.10. The van der Waals surface area contributed by atoms with Crippen LogP contribution in [-0.2, 0) is 6.54 Å². The van der Waals surface area contributed by atoms with Crippen LogP contribution in [0.25, 0.3) is 11.4 Å². The molecule has 0 radical (unpaired) electrons. The Labute approximate surface area is 101 Å². The van der Waals surface area contributed by atoms with Gasteiger partial charge in [-0.25, -0.2) is 4.98 Å². The number of imidazole rings is 1. The van der Waals surface area contributed by atoms with E-state index in [4.69, 9.17) is 0 Å². The third-order valence-corrected chi connectivity index (χ3v) is 3.04. The summed E-state index contributed by atoms with van der Waals surface area (Å²) in [5, 5.41) is 0. The van der Waals surface area contributed by atoms with Gasteiger partial charge in [-0.15, -0.1) is 0 Å². The Morgan fingerprint density at radius 2 is 2.06 bits per heavy atom. The molecule has 17 heavy (non-hydrogen) atoms. The average molecular weight is 228 g/mol. The quantitative estimate of drug-likeness (QED) is 0.757. The monoisotopic (exact) mass is 228 g/mol. The molecule has 0 spiro atoms. The molecule has 0 atom stereocenters. The van der Waals surface area contributed by atoms with Gasteiger partial charge in [0.25, 0.3) is 0 Å². The van der Waals surface area contributed by atoms with Crippen LogP contribution in [0.1, 0.15) is 28.4 Å². The van der Waals surface area contributed by atoms with Gasteiger partial charge in [0.2, 0.25) is 0 Å². The van der Waals surface area contributed by atoms with Crippen LogP contribution in [0.2, 0.25) is 0 Å². The van der Waals surface area contributed by atoms with Crippen molar-refractivity contribution >= 4 is 6.29 Å². The first-order chi connectivity index (χ1) is 8.17. The molecule has 1 heterocycles. The maximum absolute atomic E-state index is 10.9. The molecule has 88 valence electrons. The third-order valence-electron chi connectivity index (χ3n) is 3.04. The molecule has 1 aromatic carbocycles. The van der Waals surface area contributed by atoms with E-state index in [9.17, 15) is 4.79 Å². The Bertz CT molecular complexity index is 555. The summed E-state index contributed by atoms with van der Waals surface area (Å²) in [4.78, 5) is 15.3. The minimum absolute atomic E-state index is 0.751. The number of carbonyl (C=O) groups excluding carboxylic acids is 1. The fourth-order valence-corrected chi connectivity index (χ4v) is 2.01. The van der Waals surface area contributed by atoms with Gasteiger partial charge in [0.05, 0.1) is 0 Å². The number of rotatable bonds is 3. The van der Waals surface area contributed by atoms with E-state index in [1.165, 1.54) is 0 Å². The van der Waals surface area contributed by atoms with Gasteiger partial charge in [0.15, 0.2) is 0 Å². The number of aromatic nitrogens is 2. The molecule has 2 rings (SSSR count). The number of nitrogens with zero attached hydrogens (tertiary/aromatic N) is 2. The van der Waals surface area contributed by atoms with E-state index in [-0.39, 0.29) is 0 Å². The largest absolute Gasteiger partial charge is 0.331 e. The number of aryl methyl sites for hydroxylation is 3. The second-order valence-corrected chi connectivity index (χ2v) is 4.18. The summed E-state index contributed by atoms with van der Waals surface area (Å²) in [5.41, 5.74) is 3.92. The summed E-state index contributed by atoms with van der Waals surface area (Å²) >= 11 is 0. The molecule has 2 aromatic rings. The van der Waals surface area contributed by atoms with E-state index >= 15 is 0 Å². The number of hydrogen-bond acceptors (Lipinski definition) is 2. The lowest BCUT2D eigenvalue weighted by molar-refractivity contribution is 0.112. The van der Waals surface area contributed by atoms with Gasteiger partial charge in [-0.1, -0.05) is 0 Å². The summed E-state index contributed by atoms with van der Waals surface area (Å²) < 4.78 is 2.10. The second kappa shape index (κ2) is 4.53. The fraction of sp³-hybridized carbons (Fsp3) is 0.286. The van der Waals surface area contributed by atoms with Crippen LogP contribution < -0.4 is 0 Å². The molecule has 1 aromatic heterocycles. The predicted octanol–water partition coefficient (Wildman–Crippen LogP) is 3.00. The molecule has 0 saturated carbocycles. The first-order valence-electron chi connectivity index (χ1n) is 5.75. The van der Waals surface area contributed by atoms with Crippen molar-refractivity contribution in [1.29, 1.82) is 0 Å². The fourth-order valence-electron chi connectivity index (χ4n) is 2.01. The lowest BCUT2D eigenvalue weighted by atomic mass is 10.00. The molecule has 0 aliphatic heterocycles. The molecule has 0 N–H and O–H groups in total. The smallest absolute Gasteiger partial charge is 0.150 e. The van der Waals surface area contributed by atoms with Gasteiger partial charge in [0.1, 0.15) is 12.1 Å². The van der Waals surface area contributed by atoms with Crippen molar-refractivity contribution in [2.75, 3.05) is 0 Å². The van der Waals surface area contributed by atoms with Crippen molar-refractivity contribution in [3.8, 4) is 11.4 Å². The van der Waals surface area contributed by atoms with Crippen LogP contribution in [-0.4, -0.2) is 15.8 Å². The van der Waals surface area contributed by atoms with Crippen LogP contribution in [0.15, 0.2) is 24.5 Å². The van der Waals surface area contributed by atoms with Crippen molar-refractivity contribution in [3.05, 3.63) is 41.2 Å². The average Bonchev–Trinajstić information content (AvgIpc) is 2.79. The third kappa shape index (κ3) is 2.00. The van der Waals surface area contributed by atoms with Crippen LogP contribution in [0, 0.1) is 13.8 Å². The molecule has 3 nitrogen and oxygen atoms in total. The van der Waals surface area contributed by atoms with Gasteiger partial charge in [-0.2, -0.15) is 0 Å². The molecule has 0 aliphatic carbocycles. The first kappa shape index (κ1) is 11.6. The summed E-state index contributed by atoms with van der Waals surface area (Å²) in [6.07, 6.45) is 4.68.